The zero-order valence-corrected chi connectivity index (χ0v) is 15.5. The van der Waals surface area contributed by atoms with E-state index in [1.54, 1.807) is 23.9 Å². The number of nitrogens with zero attached hydrogens (tertiary/aromatic N) is 4. The topological polar surface area (TPSA) is 72.7 Å². The number of tetrazole rings is 1. The van der Waals surface area contributed by atoms with Crippen LogP contribution in [0, 0.1) is 5.82 Å². The van der Waals surface area contributed by atoms with Gasteiger partial charge in [0.25, 0.3) is 0 Å². The average Bonchev–Trinajstić information content (AvgIpc) is 3.22. The quantitative estimate of drug-likeness (QED) is 0.453. The molecule has 140 valence electrons. The molecule has 2 aromatic carbocycles. The molecule has 1 unspecified atom stereocenters. The lowest BCUT2D eigenvalue weighted by Crippen LogP contribution is -2.35. The Kier molecular flexibility index (Phi) is 6.92. The van der Waals surface area contributed by atoms with Crippen LogP contribution in [0.15, 0.2) is 65.8 Å². The van der Waals surface area contributed by atoms with Crippen LogP contribution in [0.1, 0.15) is 18.0 Å². The van der Waals surface area contributed by atoms with E-state index in [1.807, 2.05) is 30.3 Å². The Balaban J connectivity index is 1.48. The summed E-state index contributed by atoms with van der Waals surface area (Å²) in [5, 5.41) is 14.1. The minimum atomic E-state index is -0.493. The van der Waals surface area contributed by atoms with E-state index >= 15 is 0 Å². The van der Waals surface area contributed by atoms with E-state index in [0.29, 0.717) is 13.0 Å². The van der Waals surface area contributed by atoms with Crippen molar-refractivity contribution in [2.75, 3.05) is 12.3 Å². The van der Waals surface area contributed by atoms with Crippen LogP contribution in [0.3, 0.4) is 0 Å². The summed E-state index contributed by atoms with van der Waals surface area (Å²) < 4.78 is 14.4. The van der Waals surface area contributed by atoms with E-state index in [9.17, 15) is 9.18 Å². The number of carbonyl (C=O) groups is 1. The zero-order valence-electron chi connectivity index (χ0n) is 14.7. The summed E-state index contributed by atoms with van der Waals surface area (Å²) in [6.45, 7) is 0.556. The molecule has 1 heterocycles. The summed E-state index contributed by atoms with van der Waals surface area (Å²) in [4.78, 5) is 13.7. The molecule has 0 bridgehead atoms. The van der Waals surface area contributed by atoms with Crippen molar-refractivity contribution in [3.05, 3.63) is 72.3 Å². The Morgan fingerprint density at radius 2 is 1.93 bits per heavy atom. The first-order valence-corrected chi connectivity index (χ1v) is 9.63. The van der Waals surface area contributed by atoms with Gasteiger partial charge in [0.05, 0.1) is 0 Å². The largest absolute Gasteiger partial charge is 0.354 e. The Bertz CT molecular complexity index is 827. The molecule has 0 saturated heterocycles. The molecule has 1 atom stereocenters. The number of carbonyl (C=O) groups excluding carboxylic acids is 1. The van der Waals surface area contributed by atoms with Crippen LogP contribution in [0.2, 0.25) is 0 Å². The zero-order chi connectivity index (χ0) is 18.9. The summed E-state index contributed by atoms with van der Waals surface area (Å²) >= 11 is 1.63. The molecule has 8 heteroatoms. The molecule has 3 rings (SSSR count). The number of hydrogen-bond acceptors (Lipinski definition) is 5. The molecular weight excluding hydrogens is 365 g/mol. The van der Waals surface area contributed by atoms with Crippen molar-refractivity contribution < 1.29 is 9.18 Å². The van der Waals surface area contributed by atoms with Crippen LogP contribution in [-0.4, -0.2) is 38.4 Å². The highest BCUT2D eigenvalue weighted by atomic mass is 32.2. The first kappa shape index (κ1) is 19.0. The first-order valence-electron chi connectivity index (χ1n) is 8.65. The Morgan fingerprint density at radius 3 is 2.63 bits per heavy atom. The van der Waals surface area contributed by atoms with Crippen LogP contribution >= 0.6 is 11.8 Å². The van der Waals surface area contributed by atoms with Gasteiger partial charge >= 0.3 is 0 Å². The van der Waals surface area contributed by atoms with Crippen molar-refractivity contribution in [1.82, 2.24) is 25.5 Å². The number of nitrogens with one attached hydrogen (secondary N) is 1. The summed E-state index contributed by atoms with van der Waals surface area (Å²) in [6.07, 6.45) is 2.78. The first-order chi connectivity index (χ1) is 13.2. The Hall–Kier alpha value is -2.74. The molecule has 3 aromatic rings. The molecule has 1 aromatic heterocycles. The summed E-state index contributed by atoms with van der Waals surface area (Å²) in [5.41, 5.74) is 1.04. The molecular formula is C19H20FN5OS. The molecule has 6 nitrogen and oxygen atoms in total. The van der Waals surface area contributed by atoms with E-state index < -0.39 is 6.04 Å². The molecule has 0 aliphatic rings. The molecule has 0 saturated carbocycles. The molecule has 1 N–H and O–H groups in total. The monoisotopic (exact) mass is 385 g/mol. The van der Waals surface area contributed by atoms with E-state index in [0.717, 1.165) is 22.6 Å². The highest BCUT2D eigenvalue weighted by Gasteiger charge is 2.21. The number of halogens is 1. The third kappa shape index (κ3) is 5.89. The number of amides is 1. The van der Waals surface area contributed by atoms with Gasteiger partial charge in [-0.1, -0.05) is 30.3 Å². The van der Waals surface area contributed by atoms with E-state index in [2.05, 4.69) is 20.8 Å². The second-order valence-corrected chi connectivity index (χ2v) is 7.11. The SMILES string of the molecule is O=C(NCCCSc1ccc(F)cc1)C(Cc1ccccc1)n1cnnn1. The fraction of sp³-hybridized carbons (Fsp3) is 0.263. The van der Waals surface area contributed by atoms with Crippen molar-refractivity contribution in [3.8, 4) is 0 Å². The standard InChI is InChI=1S/C19H20FN5OS/c20-16-7-9-17(10-8-16)27-12-4-11-21-19(26)18(25-14-22-23-24-25)13-15-5-2-1-3-6-15/h1-3,5-10,14,18H,4,11-13H2,(H,21,26). The highest BCUT2D eigenvalue weighted by Crippen LogP contribution is 2.18. The smallest absolute Gasteiger partial charge is 0.245 e. The fourth-order valence-electron chi connectivity index (χ4n) is 2.58. The van der Waals surface area contributed by atoms with Gasteiger partial charge in [0, 0.05) is 17.9 Å². The third-order valence-corrected chi connectivity index (χ3v) is 5.06. The normalized spacial score (nSPS) is 11.9. The highest BCUT2D eigenvalue weighted by molar-refractivity contribution is 7.99. The van der Waals surface area contributed by atoms with Gasteiger partial charge in [0.2, 0.25) is 5.91 Å². The predicted molar refractivity (Wildman–Crippen MR) is 102 cm³/mol. The molecule has 1 amide bonds. The van der Waals surface area contributed by atoms with Gasteiger partial charge in [0.15, 0.2) is 0 Å². The van der Waals surface area contributed by atoms with E-state index in [-0.39, 0.29) is 11.7 Å². The second-order valence-electron chi connectivity index (χ2n) is 5.94. The molecule has 27 heavy (non-hydrogen) atoms. The van der Waals surface area contributed by atoms with E-state index in [4.69, 9.17) is 0 Å². The van der Waals surface area contributed by atoms with Gasteiger partial charge in [-0.05, 0) is 52.4 Å². The van der Waals surface area contributed by atoms with Gasteiger partial charge in [-0.2, -0.15) is 0 Å². The van der Waals surface area contributed by atoms with Crippen LogP contribution in [-0.2, 0) is 11.2 Å². The maximum atomic E-state index is 12.9. The van der Waals surface area contributed by atoms with Crippen LogP contribution in [0.5, 0.6) is 0 Å². The number of aromatic nitrogens is 4. The maximum absolute atomic E-state index is 12.9. The summed E-state index contributed by atoms with van der Waals surface area (Å²) in [7, 11) is 0. The van der Waals surface area contributed by atoms with Crippen molar-refractivity contribution in [1.29, 1.82) is 0 Å². The van der Waals surface area contributed by atoms with Gasteiger partial charge in [-0.3, -0.25) is 4.79 Å². The van der Waals surface area contributed by atoms with Crippen LogP contribution in [0.4, 0.5) is 4.39 Å². The van der Waals surface area contributed by atoms with E-state index in [1.165, 1.54) is 23.1 Å². The third-order valence-electron chi connectivity index (χ3n) is 3.96. The summed E-state index contributed by atoms with van der Waals surface area (Å²) in [5.74, 6) is 0.483. The molecule has 0 aliphatic heterocycles. The Labute approximate surface area is 161 Å². The minimum Gasteiger partial charge on any atom is -0.354 e. The molecule has 0 spiro atoms. The van der Waals surface area contributed by atoms with Crippen molar-refractivity contribution in [2.45, 2.75) is 23.8 Å². The Morgan fingerprint density at radius 1 is 1.15 bits per heavy atom. The van der Waals surface area contributed by atoms with Gasteiger partial charge in [0.1, 0.15) is 18.2 Å². The fourth-order valence-corrected chi connectivity index (χ4v) is 3.43. The minimum absolute atomic E-state index is 0.113. The number of rotatable bonds is 9. The lowest BCUT2D eigenvalue weighted by atomic mass is 10.1. The molecule has 0 aliphatic carbocycles. The lowest BCUT2D eigenvalue weighted by molar-refractivity contribution is -0.124. The van der Waals surface area contributed by atoms with Crippen molar-refractivity contribution in [3.63, 3.8) is 0 Å². The number of thioether (sulfide) groups is 1. The van der Waals surface area contributed by atoms with Crippen molar-refractivity contribution in [2.24, 2.45) is 0 Å². The van der Waals surface area contributed by atoms with Crippen LogP contribution in [0.25, 0.3) is 0 Å². The van der Waals surface area contributed by atoms with Gasteiger partial charge in [-0.15, -0.1) is 16.9 Å². The predicted octanol–water partition coefficient (Wildman–Crippen LogP) is 2.89. The second kappa shape index (κ2) is 9.82. The average molecular weight is 385 g/mol. The summed E-state index contributed by atoms with van der Waals surface area (Å²) in [6, 6.07) is 15.7. The molecule has 0 radical (unpaired) electrons. The number of hydrogen-bond donors (Lipinski definition) is 1. The van der Waals surface area contributed by atoms with Crippen LogP contribution < -0.4 is 5.32 Å². The van der Waals surface area contributed by atoms with Gasteiger partial charge in [-0.25, -0.2) is 9.07 Å². The maximum Gasteiger partial charge on any atom is 0.245 e. The number of benzene rings is 2. The van der Waals surface area contributed by atoms with Crippen molar-refractivity contribution >= 4 is 17.7 Å². The molecule has 0 fully saturated rings. The lowest BCUT2D eigenvalue weighted by Gasteiger charge is -2.16. The van der Waals surface area contributed by atoms with Gasteiger partial charge < -0.3 is 5.32 Å².